The van der Waals surface area contributed by atoms with Crippen molar-refractivity contribution < 1.29 is 4.79 Å². The second kappa shape index (κ2) is 7.82. The first-order chi connectivity index (χ1) is 10.1. The number of nitrogens with one attached hydrogen (secondary N) is 1. The Bertz CT molecular complexity index is 628. The van der Waals surface area contributed by atoms with Gasteiger partial charge in [0.05, 0.1) is 5.75 Å². The summed E-state index contributed by atoms with van der Waals surface area (Å²) in [5.74, 6) is 1.30. The van der Waals surface area contributed by atoms with E-state index in [1.807, 2.05) is 32.0 Å². The van der Waals surface area contributed by atoms with Crippen LogP contribution in [-0.2, 0) is 4.79 Å². The Hall–Kier alpha value is -1.05. The van der Waals surface area contributed by atoms with Gasteiger partial charge < -0.3 is 5.32 Å². The zero-order valence-electron chi connectivity index (χ0n) is 12.2. The molecular formula is C14H17N3OS3. The molecular weight excluding hydrogens is 322 g/mol. The Kier molecular flexibility index (Phi) is 6.08. The van der Waals surface area contributed by atoms with Crippen molar-refractivity contribution in [1.29, 1.82) is 0 Å². The minimum absolute atomic E-state index is 0.0198. The molecule has 0 radical (unpaired) electrons. The van der Waals surface area contributed by atoms with Crippen molar-refractivity contribution >= 4 is 46.5 Å². The van der Waals surface area contributed by atoms with E-state index in [1.54, 1.807) is 11.8 Å². The van der Waals surface area contributed by atoms with Crippen molar-refractivity contribution in [2.75, 3.05) is 16.8 Å². The molecule has 2 aromatic rings. The van der Waals surface area contributed by atoms with E-state index in [0.717, 1.165) is 25.7 Å². The minimum Gasteiger partial charge on any atom is -0.325 e. The highest BCUT2D eigenvalue weighted by Gasteiger charge is 2.09. The highest BCUT2D eigenvalue weighted by atomic mass is 32.2. The number of carbonyl (C=O) groups is 1. The van der Waals surface area contributed by atoms with Crippen LogP contribution in [0.25, 0.3) is 0 Å². The summed E-state index contributed by atoms with van der Waals surface area (Å²) in [6.45, 7) is 6.13. The molecule has 7 heteroatoms. The molecule has 0 spiro atoms. The molecule has 0 saturated carbocycles. The predicted octanol–water partition coefficient (Wildman–Crippen LogP) is 4.00. The topological polar surface area (TPSA) is 54.9 Å². The second-order valence-corrected chi connectivity index (χ2v) is 8.06. The second-order valence-electron chi connectivity index (χ2n) is 4.35. The molecule has 1 amide bonds. The highest BCUT2D eigenvalue weighted by Crippen LogP contribution is 2.28. The number of nitrogens with zero attached hydrogens (tertiary/aromatic N) is 2. The molecule has 21 heavy (non-hydrogen) atoms. The van der Waals surface area contributed by atoms with Crippen LogP contribution in [0.1, 0.15) is 18.1 Å². The van der Waals surface area contributed by atoms with Crippen LogP contribution in [0, 0.1) is 13.8 Å². The third kappa shape index (κ3) is 4.72. The predicted molar refractivity (Wildman–Crippen MR) is 91.6 cm³/mol. The van der Waals surface area contributed by atoms with Gasteiger partial charge in [-0.2, -0.15) is 0 Å². The van der Waals surface area contributed by atoms with Crippen LogP contribution in [0.15, 0.2) is 26.9 Å². The Morgan fingerprint density at radius 1 is 1.24 bits per heavy atom. The van der Waals surface area contributed by atoms with Crippen molar-refractivity contribution in [2.24, 2.45) is 0 Å². The lowest BCUT2D eigenvalue weighted by Gasteiger charge is -2.09. The lowest BCUT2D eigenvalue weighted by Crippen LogP contribution is -2.15. The first kappa shape index (κ1) is 16.3. The lowest BCUT2D eigenvalue weighted by atomic mass is 10.1. The summed E-state index contributed by atoms with van der Waals surface area (Å²) in [4.78, 5) is 12.0. The fourth-order valence-corrected chi connectivity index (χ4v) is 4.35. The Morgan fingerprint density at radius 3 is 2.67 bits per heavy atom. The maximum atomic E-state index is 12.0. The standard InChI is InChI=1S/C14H17N3OS3/c1-4-19-13-16-17-14(21-13)20-8-12(18)15-11-7-5-6-9(2)10(11)3/h5-7H,4,8H2,1-3H3,(H,15,18). The first-order valence-corrected chi connectivity index (χ1v) is 9.34. The van der Waals surface area contributed by atoms with Crippen LogP contribution >= 0.6 is 34.9 Å². The molecule has 1 aromatic carbocycles. The van der Waals surface area contributed by atoms with Gasteiger partial charge in [0.15, 0.2) is 8.68 Å². The van der Waals surface area contributed by atoms with Crippen LogP contribution in [0.5, 0.6) is 0 Å². The van der Waals surface area contributed by atoms with Crippen molar-refractivity contribution in [3.63, 3.8) is 0 Å². The molecule has 2 rings (SSSR count). The van der Waals surface area contributed by atoms with Gasteiger partial charge in [-0.25, -0.2) is 0 Å². The van der Waals surface area contributed by atoms with Gasteiger partial charge in [0, 0.05) is 5.69 Å². The van der Waals surface area contributed by atoms with Gasteiger partial charge in [0.1, 0.15) is 0 Å². The van der Waals surface area contributed by atoms with E-state index < -0.39 is 0 Å². The smallest absolute Gasteiger partial charge is 0.234 e. The van der Waals surface area contributed by atoms with Gasteiger partial charge in [-0.3, -0.25) is 4.79 Å². The Balaban J connectivity index is 1.88. The van der Waals surface area contributed by atoms with Crippen LogP contribution in [0.2, 0.25) is 0 Å². The molecule has 0 unspecified atom stereocenters. The average molecular weight is 340 g/mol. The highest BCUT2D eigenvalue weighted by molar-refractivity contribution is 8.03. The SMILES string of the molecule is CCSc1nnc(SCC(=O)Nc2cccc(C)c2C)s1. The van der Waals surface area contributed by atoms with Crippen LogP contribution in [-0.4, -0.2) is 27.6 Å². The fourth-order valence-electron chi connectivity index (χ4n) is 1.64. The van der Waals surface area contributed by atoms with Crippen molar-refractivity contribution in [3.8, 4) is 0 Å². The zero-order chi connectivity index (χ0) is 15.2. The number of carbonyl (C=O) groups excluding carboxylic acids is 1. The summed E-state index contributed by atoms with van der Waals surface area (Å²) in [6, 6.07) is 5.91. The maximum absolute atomic E-state index is 12.0. The van der Waals surface area contributed by atoms with E-state index >= 15 is 0 Å². The van der Waals surface area contributed by atoms with E-state index in [-0.39, 0.29) is 5.91 Å². The van der Waals surface area contributed by atoms with Gasteiger partial charge in [0.2, 0.25) is 5.91 Å². The van der Waals surface area contributed by atoms with Gasteiger partial charge >= 0.3 is 0 Å². The summed E-state index contributed by atoms with van der Waals surface area (Å²) >= 11 is 4.63. The Morgan fingerprint density at radius 2 is 1.95 bits per heavy atom. The molecule has 1 N–H and O–H groups in total. The molecule has 0 fully saturated rings. The average Bonchev–Trinajstić information content (AvgIpc) is 2.90. The fraction of sp³-hybridized carbons (Fsp3) is 0.357. The number of thioether (sulfide) groups is 2. The number of benzene rings is 1. The number of amides is 1. The summed E-state index contributed by atoms with van der Waals surface area (Å²) in [6.07, 6.45) is 0. The summed E-state index contributed by atoms with van der Waals surface area (Å²) in [5, 5.41) is 11.1. The first-order valence-electron chi connectivity index (χ1n) is 6.55. The molecule has 0 aliphatic rings. The lowest BCUT2D eigenvalue weighted by molar-refractivity contribution is -0.113. The van der Waals surface area contributed by atoms with E-state index in [2.05, 4.69) is 22.4 Å². The third-order valence-corrected chi connectivity index (χ3v) is 5.93. The van der Waals surface area contributed by atoms with Crippen LogP contribution in [0.4, 0.5) is 5.69 Å². The van der Waals surface area contributed by atoms with Crippen LogP contribution in [0.3, 0.4) is 0 Å². The summed E-state index contributed by atoms with van der Waals surface area (Å²) in [7, 11) is 0. The summed E-state index contributed by atoms with van der Waals surface area (Å²) in [5.41, 5.74) is 3.15. The molecule has 1 aromatic heterocycles. The maximum Gasteiger partial charge on any atom is 0.234 e. The van der Waals surface area contributed by atoms with Gasteiger partial charge in [-0.15, -0.1) is 10.2 Å². The molecule has 0 bridgehead atoms. The summed E-state index contributed by atoms with van der Waals surface area (Å²) < 4.78 is 1.79. The normalized spacial score (nSPS) is 10.6. The quantitative estimate of drug-likeness (QED) is 0.806. The molecule has 112 valence electrons. The van der Waals surface area contributed by atoms with E-state index in [1.165, 1.54) is 28.7 Å². The minimum atomic E-state index is -0.0198. The van der Waals surface area contributed by atoms with Crippen molar-refractivity contribution in [2.45, 2.75) is 29.5 Å². The molecule has 4 nitrogen and oxygen atoms in total. The molecule has 0 atom stereocenters. The van der Waals surface area contributed by atoms with Crippen molar-refractivity contribution in [1.82, 2.24) is 10.2 Å². The number of hydrogen-bond donors (Lipinski definition) is 1. The van der Waals surface area contributed by atoms with E-state index in [4.69, 9.17) is 0 Å². The zero-order valence-corrected chi connectivity index (χ0v) is 14.6. The van der Waals surface area contributed by atoms with Crippen molar-refractivity contribution in [3.05, 3.63) is 29.3 Å². The van der Waals surface area contributed by atoms with E-state index in [0.29, 0.717) is 5.75 Å². The molecule has 0 saturated heterocycles. The Labute approximate surface area is 137 Å². The molecule has 1 heterocycles. The molecule has 0 aliphatic heterocycles. The third-order valence-electron chi connectivity index (χ3n) is 2.86. The number of anilines is 1. The van der Waals surface area contributed by atoms with E-state index in [9.17, 15) is 4.79 Å². The molecule has 0 aliphatic carbocycles. The largest absolute Gasteiger partial charge is 0.325 e. The van der Waals surface area contributed by atoms with Gasteiger partial charge in [0.25, 0.3) is 0 Å². The number of rotatable bonds is 6. The van der Waals surface area contributed by atoms with Gasteiger partial charge in [-0.05, 0) is 36.8 Å². The van der Waals surface area contributed by atoms with Crippen LogP contribution < -0.4 is 5.32 Å². The number of hydrogen-bond acceptors (Lipinski definition) is 6. The number of aryl methyl sites for hydroxylation is 1. The number of aromatic nitrogens is 2. The van der Waals surface area contributed by atoms with Gasteiger partial charge in [-0.1, -0.05) is 53.9 Å². The monoisotopic (exact) mass is 339 g/mol.